The van der Waals surface area contributed by atoms with Gasteiger partial charge in [0.25, 0.3) is 0 Å². The molecule has 1 aromatic rings. The summed E-state index contributed by atoms with van der Waals surface area (Å²) >= 11 is 0. The molecule has 0 unspecified atom stereocenters. The van der Waals surface area contributed by atoms with Gasteiger partial charge in [0.15, 0.2) is 0 Å². The fraction of sp³-hybridized carbons (Fsp3) is 0. The smallest absolute Gasteiger partial charge is 0.423 e. The van der Waals surface area contributed by atoms with Crippen LogP contribution in [0.15, 0.2) is 29.4 Å². The van der Waals surface area contributed by atoms with E-state index >= 15 is 0 Å². The summed E-state index contributed by atoms with van der Waals surface area (Å²) in [5, 5.41) is 20.0. The minimum Gasteiger partial charge on any atom is -0.423 e. The third-order valence-corrected chi connectivity index (χ3v) is 1.27. The van der Waals surface area contributed by atoms with E-state index in [0.717, 1.165) is 0 Å². The molecular weight excluding hydrogens is 145 g/mol. The molecule has 0 heterocycles. The summed E-state index contributed by atoms with van der Waals surface area (Å²) in [6, 6.07) is 5.83. The minimum absolute atomic E-state index is 0.190. The first kappa shape index (κ1) is 7.91. The SMILES string of the molecule is O=Nc1cccc(B(O)O)c1. The Hall–Kier alpha value is -1.20. The first-order valence-electron chi connectivity index (χ1n) is 3.03. The van der Waals surface area contributed by atoms with Crippen LogP contribution in [0.4, 0.5) is 5.69 Å². The van der Waals surface area contributed by atoms with E-state index in [4.69, 9.17) is 10.0 Å². The molecule has 0 bridgehead atoms. The van der Waals surface area contributed by atoms with Crippen LogP contribution in [-0.2, 0) is 0 Å². The molecule has 0 aliphatic carbocycles. The van der Waals surface area contributed by atoms with Crippen LogP contribution < -0.4 is 5.46 Å². The topological polar surface area (TPSA) is 69.9 Å². The van der Waals surface area contributed by atoms with Crippen molar-refractivity contribution in [1.82, 2.24) is 0 Å². The first-order valence-corrected chi connectivity index (χ1v) is 3.03. The lowest BCUT2D eigenvalue weighted by molar-refractivity contribution is 0.426. The van der Waals surface area contributed by atoms with Crippen LogP contribution in [0.3, 0.4) is 0 Å². The Morgan fingerprint density at radius 3 is 2.64 bits per heavy atom. The third kappa shape index (κ3) is 1.86. The van der Waals surface area contributed by atoms with Crippen molar-refractivity contribution in [2.24, 2.45) is 5.18 Å². The quantitative estimate of drug-likeness (QED) is 0.452. The Labute approximate surface area is 63.6 Å². The van der Waals surface area contributed by atoms with Gasteiger partial charge in [-0.25, -0.2) is 0 Å². The molecule has 0 aliphatic rings. The van der Waals surface area contributed by atoms with Gasteiger partial charge in [-0.15, -0.1) is 4.91 Å². The van der Waals surface area contributed by atoms with Crippen LogP contribution >= 0.6 is 0 Å². The fourth-order valence-electron chi connectivity index (χ4n) is 0.742. The normalized spacial score (nSPS) is 9.27. The average Bonchev–Trinajstić information content (AvgIpc) is 2.05. The molecule has 0 spiro atoms. The summed E-state index contributed by atoms with van der Waals surface area (Å²) in [5.41, 5.74) is 0.456. The number of rotatable bonds is 2. The molecule has 56 valence electrons. The fourth-order valence-corrected chi connectivity index (χ4v) is 0.742. The summed E-state index contributed by atoms with van der Waals surface area (Å²) in [5.74, 6) is 0. The van der Waals surface area contributed by atoms with Gasteiger partial charge in [-0.05, 0) is 22.8 Å². The molecule has 4 nitrogen and oxygen atoms in total. The summed E-state index contributed by atoms with van der Waals surface area (Å²) < 4.78 is 0. The van der Waals surface area contributed by atoms with Crippen LogP contribution in [-0.4, -0.2) is 17.2 Å². The molecule has 0 radical (unpaired) electrons. The Morgan fingerprint density at radius 1 is 1.36 bits per heavy atom. The van der Waals surface area contributed by atoms with Gasteiger partial charge in [0.1, 0.15) is 5.69 Å². The van der Waals surface area contributed by atoms with E-state index in [1.165, 1.54) is 24.3 Å². The van der Waals surface area contributed by atoms with Gasteiger partial charge in [-0.3, -0.25) is 0 Å². The molecule has 5 heteroatoms. The Balaban J connectivity index is 3.00. The zero-order valence-electron chi connectivity index (χ0n) is 5.64. The molecule has 0 amide bonds. The summed E-state index contributed by atoms with van der Waals surface area (Å²) in [4.78, 5) is 9.97. The van der Waals surface area contributed by atoms with Crippen molar-refractivity contribution in [3.05, 3.63) is 29.2 Å². The van der Waals surface area contributed by atoms with Crippen LogP contribution in [0.25, 0.3) is 0 Å². The van der Waals surface area contributed by atoms with Crippen molar-refractivity contribution in [1.29, 1.82) is 0 Å². The highest BCUT2D eigenvalue weighted by molar-refractivity contribution is 6.58. The molecule has 2 N–H and O–H groups in total. The largest absolute Gasteiger partial charge is 0.488 e. The second kappa shape index (κ2) is 3.27. The van der Waals surface area contributed by atoms with Crippen LogP contribution in [0.1, 0.15) is 0 Å². The third-order valence-electron chi connectivity index (χ3n) is 1.27. The number of nitrogens with zero attached hydrogens (tertiary/aromatic N) is 1. The number of benzene rings is 1. The second-order valence-corrected chi connectivity index (χ2v) is 2.06. The highest BCUT2D eigenvalue weighted by Gasteiger charge is 2.10. The molecule has 11 heavy (non-hydrogen) atoms. The first-order chi connectivity index (χ1) is 5.24. The molecule has 0 aliphatic heterocycles. The summed E-state index contributed by atoms with van der Waals surface area (Å²) in [6.45, 7) is 0. The zero-order chi connectivity index (χ0) is 8.27. The van der Waals surface area contributed by atoms with Gasteiger partial charge in [0.05, 0.1) is 0 Å². The number of hydrogen-bond donors (Lipinski definition) is 2. The molecule has 0 atom stereocenters. The van der Waals surface area contributed by atoms with Gasteiger partial charge in [-0.1, -0.05) is 12.1 Å². The number of nitroso groups, excluding NO2 is 1. The minimum atomic E-state index is -1.54. The predicted molar refractivity (Wildman–Crippen MR) is 41.7 cm³/mol. The van der Waals surface area contributed by atoms with Crippen LogP contribution in [0.5, 0.6) is 0 Å². The van der Waals surface area contributed by atoms with E-state index < -0.39 is 7.12 Å². The Bertz CT molecular complexity index is 264. The summed E-state index contributed by atoms with van der Waals surface area (Å²) in [6.07, 6.45) is 0. The maximum atomic E-state index is 9.97. The van der Waals surface area contributed by atoms with Gasteiger partial charge in [0.2, 0.25) is 0 Å². The van der Waals surface area contributed by atoms with Gasteiger partial charge < -0.3 is 10.0 Å². The maximum Gasteiger partial charge on any atom is 0.488 e. The number of hydrogen-bond acceptors (Lipinski definition) is 4. The molecule has 0 aromatic heterocycles. The molecule has 1 aromatic carbocycles. The highest BCUT2D eigenvalue weighted by atomic mass is 16.4. The van der Waals surface area contributed by atoms with Crippen molar-refractivity contribution < 1.29 is 10.0 Å². The van der Waals surface area contributed by atoms with Gasteiger partial charge in [0, 0.05) is 0 Å². The van der Waals surface area contributed by atoms with Crippen molar-refractivity contribution in [3.63, 3.8) is 0 Å². The molecule has 0 saturated heterocycles. The van der Waals surface area contributed by atoms with E-state index in [0.29, 0.717) is 0 Å². The molecule has 0 fully saturated rings. The lowest BCUT2D eigenvalue weighted by Gasteiger charge is -1.96. The summed E-state index contributed by atoms with van der Waals surface area (Å²) in [7, 11) is -1.54. The lowest BCUT2D eigenvalue weighted by Crippen LogP contribution is -2.29. The van der Waals surface area contributed by atoms with E-state index in [1.54, 1.807) is 0 Å². The van der Waals surface area contributed by atoms with E-state index in [1.807, 2.05) is 0 Å². The highest BCUT2D eigenvalue weighted by Crippen LogP contribution is 2.06. The van der Waals surface area contributed by atoms with Crippen LogP contribution in [0, 0.1) is 4.91 Å². The monoisotopic (exact) mass is 151 g/mol. The van der Waals surface area contributed by atoms with Gasteiger partial charge in [-0.2, -0.15) is 0 Å². The van der Waals surface area contributed by atoms with E-state index in [9.17, 15) is 4.91 Å². The maximum absolute atomic E-state index is 9.97. The van der Waals surface area contributed by atoms with E-state index in [-0.39, 0.29) is 11.2 Å². The van der Waals surface area contributed by atoms with E-state index in [2.05, 4.69) is 5.18 Å². The van der Waals surface area contributed by atoms with Crippen molar-refractivity contribution in [3.8, 4) is 0 Å². The molecule has 0 saturated carbocycles. The predicted octanol–water partition coefficient (Wildman–Crippen LogP) is -0.236. The van der Waals surface area contributed by atoms with Crippen molar-refractivity contribution in [2.75, 3.05) is 0 Å². The average molecular weight is 151 g/mol. The lowest BCUT2D eigenvalue weighted by atomic mass is 9.80. The zero-order valence-corrected chi connectivity index (χ0v) is 5.64. The second-order valence-electron chi connectivity index (χ2n) is 2.06. The molecule has 1 rings (SSSR count). The van der Waals surface area contributed by atoms with Crippen molar-refractivity contribution in [2.45, 2.75) is 0 Å². The van der Waals surface area contributed by atoms with Gasteiger partial charge >= 0.3 is 7.12 Å². The standard InChI is InChI=1S/C6H6BNO3/c9-7(10)5-2-1-3-6(4-5)8-11/h1-4,9-10H. The van der Waals surface area contributed by atoms with Crippen molar-refractivity contribution >= 4 is 18.3 Å². The molecular formula is C6H6BNO3. The Morgan fingerprint density at radius 2 is 2.09 bits per heavy atom. The van der Waals surface area contributed by atoms with Crippen LogP contribution in [0.2, 0.25) is 0 Å². The Kier molecular flexibility index (Phi) is 2.35.